The van der Waals surface area contributed by atoms with Crippen LogP contribution in [0, 0.1) is 0 Å². The predicted molar refractivity (Wildman–Crippen MR) is 133 cm³/mol. The maximum Gasteiger partial charge on any atom is 0.246 e. The van der Waals surface area contributed by atoms with Gasteiger partial charge in [-0.05, 0) is 42.8 Å². The second-order valence-corrected chi connectivity index (χ2v) is 7.67. The summed E-state index contributed by atoms with van der Waals surface area (Å²) in [5.41, 5.74) is 0.844. The molecule has 0 aliphatic carbocycles. The molecule has 1 aromatic carbocycles. The number of anilines is 1. The second kappa shape index (κ2) is 11.0. The van der Waals surface area contributed by atoms with Crippen molar-refractivity contribution in [3.8, 4) is 11.4 Å². The molecular formula is C20H22Cl2IN7O. The van der Waals surface area contributed by atoms with Crippen LogP contribution >= 0.6 is 47.2 Å². The fourth-order valence-electron chi connectivity index (χ4n) is 3.27. The molecule has 0 amide bonds. The van der Waals surface area contributed by atoms with Crippen molar-refractivity contribution in [3.63, 3.8) is 0 Å². The maximum absolute atomic E-state index is 6.27. The Hall–Kier alpha value is -2.11. The molecule has 0 saturated carbocycles. The molecular weight excluding hydrogens is 552 g/mol. The van der Waals surface area contributed by atoms with Crippen molar-refractivity contribution in [1.29, 1.82) is 0 Å². The lowest BCUT2D eigenvalue weighted by molar-refractivity contribution is 0.375. The normalized spacial score (nSPS) is 16.2. The van der Waals surface area contributed by atoms with Crippen LogP contribution in [0.3, 0.4) is 0 Å². The first-order valence-electron chi connectivity index (χ1n) is 9.53. The third-order valence-corrected chi connectivity index (χ3v) is 5.32. The SMILES string of the molecule is CN=C(NCc1nc(-c2ccc(Cl)cc2)no1)NC1CCN(c2ncccc2Cl)C1.I. The van der Waals surface area contributed by atoms with Crippen LogP contribution in [0.1, 0.15) is 12.3 Å². The van der Waals surface area contributed by atoms with Crippen LogP contribution < -0.4 is 15.5 Å². The predicted octanol–water partition coefficient (Wildman–Crippen LogP) is 4.00. The highest BCUT2D eigenvalue weighted by Gasteiger charge is 2.25. The molecule has 1 aliphatic heterocycles. The van der Waals surface area contributed by atoms with E-state index < -0.39 is 0 Å². The summed E-state index contributed by atoms with van der Waals surface area (Å²) in [5.74, 6) is 2.47. The number of aromatic nitrogens is 3. The number of pyridine rings is 1. The van der Waals surface area contributed by atoms with E-state index >= 15 is 0 Å². The first-order valence-corrected chi connectivity index (χ1v) is 10.3. The summed E-state index contributed by atoms with van der Waals surface area (Å²) >= 11 is 12.2. The average Bonchev–Trinajstić information content (AvgIpc) is 3.42. The van der Waals surface area contributed by atoms with Crippen molar-refractivity contribution < 1.29 is 4.52 Å². The molecule has 11 heteroatoms. The largest absolute Gasteiger partial charge is 0.353 e. The molecule has 1 saturated heterocycles. The van der Waals surface area contributed by atoms with Crippen molar-refractivity contribution in [3.05, 3.63) is 58.5 Å². The van der Waals surface area contributed by atoms with Crippen molar-refractivity contribution in [1.82, 2.24) is 25.8 Å². The lowest BCUT2D eigenvalue weighted by Gasteiger charge is -2.20. The topological polar surface area (TPSA) is 91.5 Å². The molecule has 31 heavy (non-hydrogen) atoms. The second-order valence-electron chi connectivity index (χ2n) is 6.83. The molecule has 4 rings (SSSR count). The summed E-state index contributed by atoms with van der Waals surface area (Å²) in [6, 6.07) is 11.2. The minimum absolute atomic E-state index is 0. The third kappa shape index (κ3) is 5.98. The Morgan fingerprint density at radius 2 is 2.06 bits per heavy atom. The number of aliphatic imine (C=N–C) groups is 1. The zero-order valence-corrected chi connectivity index (χ0v) is 20.6. The van der Waals surface area contributed by atoms with Crippen LogP contribution in [0.5, 0.6) is 0 Å². The van der Waals surface area contributed by atoms with E-state index in [1.54, 1.807) is 25.4 Å². The highest BCUT2D eigenvalue weighted by Crippen LogP contribution is 2.25. The molecule has 2 N–H and O–H groups in total. The maximum atomic E-state index is 6.27. The van der Waals surface area contributed by atoms with Gasteiger partial charge in [-0.25, -0.2) is 4.98 Å². The van der Waals surface area contributed by atoms with Gasteiger partial charge in [0.25, 0.3) is 0 Å². The van der Waals surface area contributed by atoms with Crippen molar-refractivity contribution in [2.24, 2.45) is 4.99 Å². The van der Waals surface area contributed by atoms with E-state index in [-0.39, 0.29) is 30.0 Å². The van der Waals surface area contributed by atoms with Gasteiger partial charge in [0.2, 0.25) is 11.7 Å². The summed E-state index contributed by atoms with van der Waals surface area (Å²) in [6.45, 7) is 2.03. The molecule has 1 atom stereocenters. The monoisotopic (exact) mass is 573 g/mol. The van der Waals surface area contributed by atoms with Gasteiger partial charge in [-0.1, -0.05) is 28.4 Å². The van der Waals surface area contributed by atoms with Crippen molar-refractivity contribution in [2.75, 3.05) is 25.0 Å². The number of hydrogen-bond donors (Lipinski definition) is 2. The van der Waals surface area contributed by atoms with Gasteiger partial charge in [0, 0.05) is 43.0 Å². The van der Waals surface area contributed by atoms with E-state index in [0.717, 1.165) is 30.9 Å². The Balaban J connectivity index is 0.00000272. The van der Waals surface area contributed by atoms with Crippen molar-refractivity contribution >= 4 is 59.0 Å². The Morgan fingerprint density at radius 1 is 1.26 bits per heavy atom. The molecule has 8 nitrogen and oxygen atoms in total. The fourth-order valence-corrected chi connectivity index (χ4v) is 3.64. The smallest absolute Gasteiger partial charge is 0.246 e. The van der Waals surface area contributed by atoms with E-state index in [0.29, 0.717) is 34.3 Å². The van der Waals surface area contributed by atoms with Gasteiger partial charge in [-0.15, -0.1) is 24.0 Å². The van der Waals surface area contributed by atoms with E-state index in [9.17, 15) is 0 Å². The van der Waals surface area contributed by atoms with E-state index in [4.69, 9.17) is 27.7 Å². The Morgan fingerprint density at radius 3 is 2.81 bits per heavy atom. The molecule has 1 unspecified atom stereocenters. The number of benzene rings is 1. The molecule has 0 bridgehead atoms. The fraction of sp³-hybridized carbons (Fsp3) is 0.300. The quantitative estimate of drug-likeness (QED) is 0.271. The number of nitrogens with zero attached hydrogens (tertiary/aromatic N) is 5. The highest BCUT2D eigenvalue weighted by molar-refractivity contribution is 14.0. The van der Waals surface area contributed by atoms with Gasteiger partial charge < -0.3 is 20.1 Å². The number of guanidine groups is 1. The van der Waals surface area contributed by atoms with Crippen LogP contribution in [0.4, 0.5) is 5.82 Å². The molecule has 0 radical (unpaired) electrons. The number of halogens is 3. The number of hydrogen-bond acceptors (Lipinski definition) is 6. The Bertz CT molecular complexity index is 1030. The molecule has 1 fully saturated rings. The first kappa shape index (κ1) is 23.6. The first-order chi connectivity index (χ1) is 14.6. The van der Waals surface area contributed by atoms with Gasteiger partial charge in [0.15, 0.2) is 5.96 Å². The molecule has 164 valence electrons. The van der Waals surface area contributed by atoms with Gasteiger partial charge in [0.1, 0.15) is 5.82 Å². The minimum Gasteiger partial charge on any atom is -0.353 e. The van der Waals surface area contributed by atoms with Crippen LogP contribution in [0.25, 0.3) is 11.4 Å². The molecule has 3 aromatic rings. The summed E-state index contributed by atoms with van der Waals surface area (Å²) in [4.78, 5) is 15.3. The van der Waals surface area contributed by atoms with E-state index in [2.05, 4.69) is 35.7 Å². The van der Waals surface area contributed by atoms with E-state index in [1.807, 2.05) is 24.3 Å². The lowest BCUT2D eigenvalue weighted by atomic mass is 10.2. The van der Waals surface area contributed by atoms with Gasteiger partial charge in [-0.2, -0.15) is 4.98 Å². The molecule has 2 aromatic heterocycles. The Labute approximate surface area is 207 Å². The molecule has 0 spiro atoms. The van der Waals surface area contributed by atoms with Gasteiger partial charge in [-0.3, -0.25) is 4.99 Å². The van der Waals surface area contributed by atoms with E-state index in [1.165, 1.54) is 0 Å². The Kier molecular flexibility index (Phi) is 8.33. The summed E-state index contributed by atoms with van der Waals surface area (Å²) in [5, 5.41) is 12.0. The summed E-state index contributed by atoms with van der Waals surface area (Å²) < 4.78 is 5.33. The number of nitrogens with one attached hydrogen (secondary N) is 2. The lowest BCUT2D eigenvalue weighted by Crippen LogP contribution is -2.44. The zero-order valence-electron chi connectivity index (χ0n) is 16.8. The third-order valence-electron chi connectivity index (χ3n) is 4.77. The standard InChI is InChI=1S/C20H21Cl2N7O.HI/c1-23-20(26-15-8-10-29(12-15)19-16(22)3-2-9-24-19)25-11-17-27-18(28-30-17)13-4-6-14(21)7-5-13;/h2-7,9,15H,8,10-12H2,1H3,(H2,23,25,26);1H. The number of rotatable bonds is 5. The van der Waals surface area contributed by atoms with Gasteiger partial charge >= 0.3 is 0 Å². The van der Waals surface area contributed by atoms with Crippen LogP contribution in [0.15, 0.2) is 52.1 Å². The molecule has 3 heterocycles. The summed E-state index contributed by atoms with van der Waals surface area (Å²) in [7, 11) is 1.73. The van der Waals surface area contributed by atoms with Crippen LogP contribution in [-0.2, 0) is 6.54 Å². The molecule has 1 aliphatic rings. The van der Waals surface area contributed by atoms with Gasteiger partial charge in [0.05, 0.1) is 11.6 Å². The summed E-state index contributed by atoms with van der Waals surface area (Å²) in [6.07, 6.45) is 2.71. The van der Waals surface area contributed by atoms with Crippen molar-refractivity contribution in [2.45, 2.75) is 19.0 Å². The highest BCUT2D eigenvalue weighted by atomic mass is 127. The average molecular weight is 574 g/mol. The van der Waals surface area contributed by atoms with Crippen LogP contribution in [-0.4, -0.2) is 47.3 Å². The minimum atomic E-state index is 0. The zero-order chi connectivity index (χ0) is 20.9. The van der Waals surface area contributed by atoms with Crippen LogP contribution in [0.2, 0.25) is 10.0 Å².